The molecule has 2 unspecified atom stereocenters. The summed E-state index contributed by atoms with van der Waals surface area (Å²) >= 11 is 3.47. The van der Waals surface area contributed by atoms with Crippen LogP contribution < -0.4 is 10.1 Å². The van der Waals surface area contributed by atoms with Crippen molar-refractivity contribution in [1.82, 2.24) is 0 Å². The van der Waals surface area contributed by atoms with E-state index in [1.165, 1.54) is 12.8 Å². The summed E-state index contributed by atoms with van der Waals surface area (Å²) in [5.41, 5.74) is 1.13. The number of nitrogens with one attached hydrogen (secondary N) is 1. The van der Waals surface area contributed by atoms with E-state index in [0.717, 1.165) is 28.2 Å². The Morgan fingerprint density at radius 3 is 2.56 bits per heavy atom. The molecule has 18 heavy (non-hydrogen) atoms. The fourth-order valence-electron chi connectivity index (χ4n) is 1.97. The largest absolute Gasteiger partial charge is 0.495 e. The lowest BCUT2D eigenvalue weighted by Crippen LogP contribution is -2.21. The Hall–Kier alpha value is -0.700. The molecule has 1 aromatic rings. The predicted molar refractivity (Wildman–Crippen MR) is 82.5 cm³/mol. The number of anilines is 1. The van der Waals surface area contributed by atoms with Crippen molar-refractivity contribution in [2.45, 2.75) is 46.1 Å². The number of hydrogen-bond acceptors (Lipinski definition) is 2. The first-order valence-electron chi connectivity index (χ1n) is 6.70. The number of ether oxygens (including phenoxy) is 1. The SMILES string of the molecule is CCC(C)CC(CC)Nc1ccc(Br)c(OC)c1. The van der Waals surface area contributed by atoms with Crippen molar-refractivity contribution >= 4 is 21.6 Å². The zero-order valence-electron chi connectivity index (χ0n) is 11.8. The predicted octanol–water partition coefficient (Wildman–Crippen LogP) is 5.08. The molecule has 2 nitrogen and oxygen atoms in total. The molecule has 0 aliphatic rings. The molecule has 3 heteroatoms. The third kappa shape index (κ3) is 4.52. The van der Waals surface area contributed by atoms with Crippen LogP contribution in [0.5, 0.6) is 5.75 Å². The van der Waals surface area contributed by atoms with Crippen molar-refractivity contribution in [3.8, 4) is 5.75 Å². The third-order valence-corrected chi connectivity index (χ3v) is 4.05. The number of hydrogen-bond donors (Lipinski definition) is 1. The van der Waals surface area contributed by atoms with Gasteiger partial charge in [-0.05, 0) is 46.8 Å². The average Bonchev–Trinajstić information content (AvgIpc) is 2.39. The molecule has 102 valence electrons. The molecular formula is C15H24BrNO. The summed E-state index contributed by atoms with van der Waals surface area (Å²) in [6.07, 6.45) is 3.59. The highest BCUT2D eigenvalue weighted by Crippen LogP contribution is 2.28. The molecule has 0 aromatic heterocycles. The van der Waals surface area contributed by atoms with Gasteiger partial charge in [0.2, 0.25) is 0 Å². The van der Waals surface area contributed by atoms with E-state index >= 15 is 0 Å². The molecule has 0 bridgehead atoms. The number of halogens is 1. The van der Waals surface area contributed by atoms with Gasteiger partial charge in [0.05, 0.1) is 11.6 Å². The van der Waals surface area contributed by atoms with Gasteiger partial charge in [-0.25, -0.2) is 0 Å². The molecule has 0 spiro atoms. The van der Waals surface area contributed by atoms with Crippen molar-refractivity contribution < 1.29 is 4.74 Å². The second-order valence-electron chi connectivity index (χ2n) is 4.85. The molecular weight excluding hydrogens is 290 g/mol. The van der Waals surface area contributed by atoms with Gasteiger partial charge in [-0.15, -0.1) is 0 Å². The maximum Gasteiger partial charge on any atom is 0.135 e. The average molecular weight is 314 g/mol. The Morgan fingerprint density at radius 1 is 1.28 bits per heavy atom. The zero-order chi connectivity index (χ0) is 13.5. The molecule has 0 saturated heterocycles. The van der Waals surface area contributed by atoms with Gasteiger partial charge in [-0.1, -0.05) is 27.2 Å². The highest BCUT2D eigenvalue weighted by Gasteiger charge is 2.11. The van der Waals surface area contributed by atoms with Crippen LogP contribution in [0.25, 0.3) is 0 Å². The van der Waals surface area contributed by atoms with Crippen LogP contribution in [0.2, 0.25) is 0 Å². The molecule has 1 N–H and O–H groups in total. The van der Waals surface area contributed by atoms with E-state index in [1.807, 2.05) is 12.1 Å². The highest BCUT2D eigenvalue weighted by molar-refractivity contribution is 9.10. The van der Waals surface area contributed by atoms with Gasteiger partial charge in [0, 0.05) is 17.8 Å². The second-order valence-corrected chi connectivity index (χ2v) is 5.70. The first-order chi connectivity index (χ1) is 8.60. The van der Waals surface area contributed by atoms with E-state index in [9.17, 15) is 0 Å². The lowest BCUT2D eigenvalue weighted by Gasteiger charge is -2.22. The van der Waals surface area contributed by atoms with Crippen molar-refractivity contribution in [1.29, 1.82) is 0 Å². The van der Waals surface area contributed by atoms with Gasteiger partial charge in [0.25, 0.3) is 0 Å². The van der Waals surface area contributed by atoms with Gasteiger partial charge in [0.1, 0.15) is 5.75 Å². The summed E-state index contributed by atoms with van der Waals surface area (Å²) in [6.45, 7) is 6.79. The van der Waals surface area contributed by atoms with E-state index in [1.54, 1.807) is 7.11 Å². The minimum Gasteiger partial charge on any atom is -0.495 e. The smallest absolute Gasteiger partial charge is 0.135 e. The first-order valence-corrected chi connectivity index (χ1v) is 7.50. The molecule has 0 aliphatic carbocycles. The molecule has 0 fully saturated rings. The van der Waals surface area contributed by atoms with Crippen LogP contribution in [0.3, 0.4) is 0 Å². The van der Waals surface area contributed by atoms with Crippen LogP contribution in [0.4, 0.5) is 5.69 Å². The van der Waals surface area contributed by atoms with E-state index in [-0.39, 0.29) is 0 Å². The van der Waals surface area contributed by atoms with Crippen molar-refractivity contribution in [2.24, 2.45) is 5.92 Å². The Morgan fingerprint density at radius 2 is 2.00 bits per heavy atom. The molecule has 1 aromatic carbocycles. The van der Waals surface area contributed by atoms with Gasteiger partial charge >= 0.3 is 0 Å². The Bertz CT molecular complexity index is 368. The van der Waals surface area contributed by atoms with Gasteiger partial charge in [0.15, 0.2) is 0 Å². The van der Waals surface area contributed by atoms with Gasteiger partial charge in [-0.3, -0.25) is 0 Å². The molecule has 0 amide bonds. The van der Waals surface area contributed by atoms with Crippen molar-refractivity contribution in [3.63, 3.8) is 0 Å². The minimum absolute atomic E-state index is 0.533. The molecule has 0 aliphatic heterocycles. The standard InChI is InChI=1S/C15H24BrNO/c1-5-11(3)9-12(6-2)17-13-7-8-14(16)15(10-13)18-4/h7-8,10-12,17H,5-6,9H2,1-4H3. The van der Waals surface area contributed by atoms with Crippen molar-refractivity contribution in [3.05, 3.63) is 22.7 Å². The number of benzene rings is 1. The monoisotopic (exact) mass is 313 g/mol. The van der Waals surface area contributed by atoms with Gasteiger partial charge < -0.3 is 10.1 Å². The van der Waals surface area contributed by atoms with Crippen LogP contribution in [-0.2, 0) is 0 Å². The maximum absolute atomic E-state index is 5.32. The normalized spacial score (nSPS) is 14.1. The third-order valence-electron chi connectivity index (χ3n) is 3.40. The van der Waals surface area contributed by atoms with E-state index in [4.69, 9.17) is 4.74 Å². The van der Waals surface area contributed by atoms with Crippen molar-refractivity contribution in [2.75, 3.05) is 12.4 Å². The quantitative estimate of drug-likeness (QED) is 0.757. The Balaban J connectivity index is 2.69. The first kappa shape index (κ1) is 15.4. The summed E-state index contributed by atoms with van der Waals surface area (Å²) in [7, 11) is 1.69. The summed E-state index contributed by atoms with van der Waals surface area (Å²) in [5.74, 6) is 1.64. The van der Waals surface area contributed by atoms with Crippen LogP contribution in [0.1, 0.15) is 40.0 Å². The number of methoxy groups -OCH3 is 1. The Labute approximate surface area is 119 Å². The van der Waals surface area contributed by atoms with Gasteiger partial charge in [-0.2, -0.15) is 0 Å². The summed E-state index contributed by atoms with van der Waals surface area (Å²) in [5, 5.41) is 3.60. The molecule has 2 atom stereocenters. The highest BCUT2D eigenvalue weighted by atomic mass is 79.9. The maximum atomic E-state index is 5.32. The van der Waals surface area contributed by atoms with E-state index in [0.29, 0.717) is 6.04 Å². The second kappa shape index (κ2) is 7.67. The fourth-order valence-corrected chi connectivity index (χ4v) is 2.37. The van der Waals surface area contributed by atoms with Crippen LogP contribution in [0, 0.1) is 5.92 Å². The topological polar surface area (TPSA) is 21.3 Å². The van der Waals surface area contributed by atoms with E-state index in [2.05, 4.69) is 48.1 Å². The fraction of sp³-hybridized carbons (Fsp3) is 0.600. The summed E-state index contributed by atoms with van der Waals surface area (Å²) < 4.78 is 6.31. The van der Waals surface area contributed by atoms with Crippen LogP contribution in [-0.4, -0.2) is 13.2 Å². The minimum atomic E-state index is 0.533. The van der Waals surface area contributed by atoms with Crippen LogP contribution >= 0.6 is 15.9 Å². The number of rotatable bonds is 7. The summed E-state index contributed by atoms with van der Waals surface area (Å²) in [4.78, 5) is 0. The van der Waals surface area contributed by atoms with E-state index < -0.39 is 0 Å². The molecule has 1 rings (SSSR count). The lowest BCUT2D eigenvalue weighted by molar-refractivity contribution is 0.412. The lowest BCUT2D eigenvalue weighted by atomic mass is 9.97. The van der Waals surface area contributed by atoms with Crippen LogP contribution in [0.15, 0.2) is 22.7 Å². The molecule has 0 radical (unpaired) electrons. The summed E-state index contributed by atoms with van der Waals surface area (Å²) in [6, 6.07) is 6.69. The molecule has 0 heterocycles. The Kier molecular flexibility index (Phi) is 6.55. The zero-order valence-corrected chi connectivity index (χ0v) is 13.4. The molecule has 0 saturated carbocycles.